The van der Waals surface area contributed by atoms with Gasteiger partial charge in [-0.3, -0.25) is 18.8 Å². The summed E-state index contributed by atoms with van der Waals surface area (Å²) in [6, 6.07) is 13.0. The van der Waals surface area contributed by atoms with Crippen LogP contribution in [-0.4, -0.2) is 58.2 Å². The Morgan fingerprint density at radius 1 is 1.18 bits per heavy atom. The van der Waals surface area contributed by atoms with Gasteiger partial charge in [-0.15, -0.1) is 11.3 Å². The molecule has 1 atom stereocenters. The number of nitrogens with zero attached hydrogens (tertiary/aromatic N) is 4. The van der Waals surface area contributed by atoms with Crippen LogP contribution in [0.4, 0.5) is 5.69 Å². The van der Waals surface area contributed by atoms with Gasteiger partial charge < -0.3 is 10.6 Å². The van der Waals surface area contributed by atoms with Crippen LogP contribution >= 0.6 is 46.5 Å². The Balaban J connectivity index is 1.39. The summed E-state index contributed by atoms with van der Waals surface area (Å²) in [5, 5.41) is 3.11. The molecule has 3 aromatic rings. The number of rotatable bonds is 8. The lowest BCUT2D eigenvalue weighted by molar-refractivity contribution is -0.126. The lowest BCUT2D eigenvalue weighted by Crippen LogP contribution is -2.43. The minimum absolute atomic E-state index is 0.0210. The summed E-state index contributed by atoms with van der Waals surface area (Å²) in [6.07, 6.45) is 1.77. The maximum Gasteiger partial charge on any atom is 0.243 e. The van der Waals surface area contributed by atoms with Crippen molar-refractivity contribution in [2.45, 2.75) is 49.7 Å². The Hall–Kier alpha value is -2.14. The Labute approximate surface area is 242 Å². The van der Waals surface area contributed by atoms with Gasteiger partial charge in [0, 0.05) is 68.2 Å². The van der Waals surface area contributed by atoms with Crippen molar-refractivity contribution in [2.24, 2.45) is 5.73 Å². The van der Waals surface area contributed by atoms with E-state index >= 15 is 0 Å². The highest BCUT2D eigenvalue weighted by atomic mass is 35.5. The third-order valence-electron chi connectivity index (χ3n) is 6.50. The highest BCUT2D eigenvalue weighted by Crippen LogP contribution is 2.35. The van der Waals surface area contributed by atoms with Crippen molar-refractivity contribution < 1.29 is 9.59 Å². The van der Waals surface area contributed by atoms with Crippen molar-refractivity contribution in [1.82, 2.24) is 14.2 Å². The lowest BCUT2D eigenvalue weighted by atomic mass is 10.0. The molecule has 2 N–H and O–H groups in total. The first-order valence-corrected chi connectivity index (χ1v) is 14.8. The van der Waals surface area contributed by atoms with Crippen LogP contribution < -0.4 is 10.6 Å². The third-order valence-corrected chi connectivity index (χ3v) is 9.38. The zero-order valence-corrected chi connectivity index (χ0v) is 24.7. The van der Waals surface area contributed by atoms with E-state index in [1.54, 1.807) is 25.8 Å². The predicted molar refractivity (Wildman–Crippen MR) is 158 cm³/mol. The van der Waals surface area contributed by atoms with Gasteiger partial charge >= 0.3 is 0 Å². The molecule has 202 valence electrons. The number of piperidine rings is 1. The standard InChI is InChI=1S/C27H31Cl2N5O2S2/c1-17(30)26(36)32(3)22-6-4-5-20(14-22)25-16-37-27(31-25)38-34(18(2)35)21-9-11-33(12-10-21)15-19-7-8-23(28)24(29)13-19/h4-8,13-14,16-17,21H,9-12,15,30H2,1-3H3/t17-/m0/s1. The maximum absolute atomic E-state index is 12.6. The van der Waals surface area contributed by atoms with Gasteiger partial charge in [0.05, 0.1) is 21.8 Å². The molecule has 2 heterocycles. The first kappa shape index (κ1) is 28.9. The second kappa shape index (κ2) is 12.8. The summed E-state index contributed by atoms with van der Waals surface area (Å²) >= 11 is 15.1. The lowest BCUT2D eigenvalue weighted by Gasteiger charge is -2.37. The van der Waals surface area contributed by atoms with Crippen molar-refractivity contribution >= 4 is 64.0 Å². The fraction of sp³-hybridized carbons (Fsp3) is 0.370. The largest absolute Gasteiger partial charge is 0.320 e. The van der Waals surface area contributed by atoms with Crippen molar-refractivity contribution in [3.8, 4) is 11.3 Å². The molecule has 11 heteroatoms. The smallest absolute Gasteiger partial charge is 0.243 e. The van der Waals surface area contributed by atoms with E-state index in [0.717, 1.165) is 59.3 Å². The summed E-state index contributed by atoms with van der Waals surface area (Å²) in [4.78, 5) is 33.6. The van der Waals surface area contributed by atoms with Gasteiger partial charge in [0.15, 0.2) is 4.34 Å². The molecule has 2 amide bonds. The van der Waals surface area contributed by atoms with Gasteiger partial charge in [-0.05, 0) is 49.6 Å². The number of thiazole rings is 1. The van der Waals surface area contributed by atoms with Crippen molar-refractivity contribution in [3.05, 3.63) is 63.5 Å². The number of anilines is 1. The molecule has 2 aromatic carbocycles. The van der Waals surface area contributed by atoms with Crippen LogP contribution in [0.15, 0.2) is 52.2 Å². The molecule has 1 fully saturated rings. The van der Waals surface area contributed by atoms with Gasteiger partial charge in [0.1, 0.15) is 0 Å². The number of carbonyl (C=O) groups excluding carboxylic acids is 2. The molecule has 1 aromatic heterocycles. The number of likely N-dealkylation sites (N-methyl/N-ethyl adjacent to an activating group) is 1. The molecule has 0 radical (unpaired) electrons. The number of hydrogen-bond donors (Lipinski definition) is 1. The van der Waals surface area contributed by atoms with Crippen LogP contribution in [0.5, 0.6) is 0 Å². The summed E-state index contributed by atoms with van der Waals surface area (Å²) < 4.78 is 2.67. The van der Waals surface area contributed by atoms with Gasteiger partial charge in [0.2, 0.25) is 11.8 Å². The van der Waals surface area contributed by atoms with Crippen LogP contribution in [0.25, 0.3) is 11.3 Å². The first-order chi connectivity index (χ1) is 18.1. The summed E-state index contributed by atoms with van der Waals surface area (Å²) in [6.45, 7) is 5.86. The van der Waals surface area contributed by atoms with E-state index in [9.17, 15) is 9.59 Å². The third kappa shape index (κ3) is 7.08. The molecular formula is C27H31Cl2N5O2S2. The molecular weight excluding hydrogens is 561 g/mol. The Bertz CT molecular complexity index is 1290. The van der Waals surface area contributed by atoms with Crippen molar-refractivity contribution in [2.75, 3.05) is 25.0 Å². The minimum atomic E-state index is -0.578. The van der Waals surface area contributed by atoms with E-state index in [-0.39, 0.29) is 17.9 Å². The first-order valence-electron chi connectivity index (χ1n) is 12.4. The number of likely N-dealkylation sites (tertiary alicyclic amines) is 1. The summed E-state index contributed by atoms with van der Waals surface area (Å²) in [5.41, 5.74) is 9.35. The number of hydrogen-bond acceptors (Lipinski definition) is 7. The molecule has 0 saturated carbocycles. The van der Waals surface area contributed by atoms with E-state index in [2.05, 4.69) is 4.90 Å². The van der Waals surface area contributed by atoms with Crippen molar-refractivity contribution in [3.63, 3.8) is 0 Å². The average Bonchev–Trinajstić information content (AvgIpc) is 3.38. The monoisotopic (exact) mass is 591 g/mol. The fourth-order valence-corrected chi connectivity index (χ4v) is 6.65. The molecule has 0 bridgehead atoms. The second-order valence-corrected chi connectivity index (χ2v) is 12.3. The molecule has 7 nitrogen and oxygen atoms in total. The summed E-state index contributed by atoms with van der Waals surface area (Å²) in [7, 11) is 1.72. The molecule has 4 rings (SSSR count). The number of nitrogens with two attached hydrogens (primary N) is 1. The normalized spacial score (nSPS) is 15.3. The molecule has 1 aliphatic heterocycles. The Kier molecular flexibility index (Phi) is 9.73. The number of amides is 2. The van der Waals surface area contributed by atoms with E-state index in [0.29, 0.717) is 10.0 Å². The predicted octanol–water partition coefficient (Wildman–Crippen LogP) is 5.95. The summed E-state index contributed by atoms with van der Waals surface area (Å²) in [5.74, 6) is -0.135. The van der Waals surface area contributed by atoms with Crippen LogP contribution in [0.2, 0.25) is 10.0 Å². The van der Waals surface area contributed by atoms with Crippen molar-refractivity contribution in [1.29, 1.82) is 0 Å². The van der Waals surface area contributed by atoms with E-state index in [1.165, 1.54) is 23.3 Å². The molecule has 0 aliphatic carbocycles. The topological polar surface area (TPSA) is 82.8 Å². The number of halogens is 2. The van der Waals surface area contributed by atoms with Crippen LogP contribution in [0, 0.1) is 0 Å². The van der Waals surface area contributed by atoms with Gasteiger partial charge in [-0.1, -0.05) is 41.4 Å². The zero-order valence-electron chi connectivity index (χ0n) is 21.6. The average molecular weight is 593 g/mol. The molecule has 1 saturated heterocycles. The molecule has 0 spiro atoms. The molecule has 38 heavy (non-hydrogen) atoms. The number of aromatic nitrogens is 1. The molecule has 0 unspecified atom stereocenters. The van der Waals surface area contributed by atoms with Crippen LogP contribution in [-0.2, 0) is 16.1 Å². The van der Waals surface area contributed by atoms with E-state index in [1.807, 2.05) is 52.1 Å². The quantitative estimate of drug-likeness (QED) is 0.326. The molecule has 1 aliphatic rings. The Morgan fingerprint density at radius 2 is 1.92 bits per heavy atom. The second-order valence-electron chi connectivity index (χ2n) is 9.43. The SMILES string of the molecule is CC(=O)N(Sc1nc(-c2cccc(N(C)C(=O)[C@H](C)N)c2)cs1)C1CCN(Cc2ccc(Cl)c(Cl)c2)CC1. The van der Waals surface area contributed by atoms with Gasteiger partial charge in [-0.25, -0.2) is 4.98 Å². The minimum Gasteiger partial charge on any atom is -0.320 e. The van der Waals surface area contributed by atoms with Gasteiger partial charge in [-0.2, -0.15) is 0 Å². The van der Waals surface area contributed by atoms with E-state index in [4.69, 9.17) is 33.9 Å². The maximum atomic E-state index is 12.6. The van der Waals surface area contributed by atoms with E-state index < -0.39 is 6.04 Å². The fourth-order valence-electron chi connectivity index (χ4n) is 4.43. The highest BCUT2D eigenvalue weighted by molar-refractivity contribution is 7.99. The zero-order chi connectivity index (χ0) is 27.4. The highest BCUT2D eigenvalue weighted by Gasteiger charge is 2.28. The number of carbonyl (C=O) groups is 2. The van der Waals surface area contributed by atoms with Gasteiger partial charge in [0.25, 0.3) is 0 Å². The Morgan fingerprint density at radius 3 is 2.58 bits per heavy atom. The van der Waals surface area contributed by atoms with Crippen LogP contribution in [0.1, 0.15) is 32.3 Å². The number of benzene rings is 2. The van der Waals surface area contributed by atoms with Crippen LogP contribution in [0.3, 0.4) is 0 Å².